The number of likely N-dealkylation sites (tertiary alicyclic amines) is 1. The molecule has 3 rings (SSSR count). The van der Waals surface area contributed by atoms with E-state index in [4.69, 9.17) is 0 Å². The monoisotopic (exact) mass is 245 g/mol. The highest BCUT2D eigenvalue weighted by Crippen LogP contribution is 2.51. The predicted molar refractivity (Wildman–Crippen MR) is 73.7 cm³/mol. The van der Waals surface area contributed by atoms with E-state index in [0.29, 0.717) is 0 Å². The van der Waals surface area contributed by atoms with Crippen molar-refractivity contribution in [1.29, 1.82) is 0 Å². The standard InChI is InChI=1S/C16H23NO/c1-17-12-11-15(14-7-3-2-4-8-14)9-5-6-10-16(15,18)13-17/h2-4,7-8,18H,5-6,9-13H2,1H3/t15-,16+/m0/s1. The van der Waals surface area contributed by atoms with E-state index < -0.39 is 5.60 Å². The Hall–Kier alpha value is -0.860. The first kappa shape index (κ1) is 12.2. The number of rotatable bonds is 1. The zero-order valence-corrected chi connectivity index (χ0v) is 11.2. The number of hydrogen-bond donors (Lipinski definition) is 1. The molecule has 0 aromatic heterocycles. The van der Waals surface area contributed by atoms with E-state index in [1.165, 1.54) is 18.4 Å². The van der Waals surface area contributed by atoms with Crippen molar-refractivity contribution in [3.8, 4) is 0 Å². The number of fused-ring (bicyclic) bond motifs is 1. The Morgan fingerprint density at radius 3 is 2.56 bits per heavy atom. The van der Waals surface area contributed by atoms with E-state index in [2.05, 4.69) is 42.3 Å². The maximum Gasteiger partial charge on any atom is 0.0870 e. The van der Waals surface area contributed by atoms with Crippen LogP contribution in [0.3, 0.4) is 0 Å². The van der Waals surface area contributed by atoms with E-state index in [9.17, 15) is 5.11 Å². The summed E-state index contributed by atoms with van der Waals surface area (Å²) in [5.41, 5.74) is 0.818. The molecule has 18 heavy (non-hydrogen) atoms. The molecule has 2 atom stereocenters. The van der Waals surface area contributed by atoms with Gasteiger partial charge in [0.15, 0.2) is 0 Å². The van der Waals surface area contributed by atoms with Crippen LogP contribution >= 0.6 is 0 Å². The van der Waals surface area contributed by atoms with Crippen LogP contribution in [0.15, 0.2) is 30.3 Å². The Labute approximate surface area is 110 Å². The normalized spacial score (nSPS) is 37.2. The number of benzene rings is 1. The smallest absolute Gasteiger partial charge is 0.0870 e. The largest absolute Gasteiger partial charge is 0.388 e. The van der Waals surface area contributed by atoms with Gasteiger partial charge in [0, 0.05) is 12.0 Å². The average molecular weight is 245 g/mol. The van der Waals surface area contributed by atoms with Gasteiger partial charge in [0.2, 0.25) is 0 Å². The van der Waals surface area contributed by atoms with Crippen LogP contribution in [0.4, 0.5) is 0 Å². The predicted octanol–water partition coefficient (Wildman–Crippen LogP) is 2.57. The molecule has 1 saturated heterocycles. The van der Waals surface area contributed by atoms with Gasteiger partial charge in [-0.15, -0.1) is 0 Å². The SMILES string of the molecule is CN1CC[C@]2(c3ccccc3)CCCC[C@@]2(O)C1. The van der Waals surface area contributed by atoms with Crippen LogP contribution in [0.1, 0.15) is 37.7 Å². The second-order valence-corrected chi connectivity index (χ2v) is 6.17. The number of piperidine rings is 1. The second-order valence-electron chi connectivity index (χ2n) is 6.17. The third kappa shape index (κ3) is 1.70. The fraction of sp³-hybridized carbons (Fsp3) is 0.625. The molecule has 98 valence electrons. The van der Waals surface area contributed by atoms with Gasteiger partial charge in [-0.05, 0) is 38.4 Å². The van der Waals surface area contributed by atoms with Crippen LogP contribution in [-0.2, 0) is 5.41 Å². The quantitative estimate of drug-likeness (QED) is 0.822. The molecule has 1 aliphatic carbocycles. The summed E-state index contributed by atoms with van der Waals surface area (Å²) in [5, 5.41) is 11.2. The van der Waals surface area contributed by atoms with Crippen molar-refractivity contribution in [2.24, 2.45) is 0 Å². The molecule has 0 bridgehead atoms. The van der Waals surface area contributed by atoms with Gasteiger partial charge in [-0.2, -0.15) is 0 Å². The van der Waals surface area contributed by atoms with Gasteiger partial charge in [-0.25, -0.2) is 0 Å². The highest BCUT2D eigenvalue weighted by Gasteiger charge is 2.54. The molecule has 1 N–H and O–H groups in total. The highest BCUT2D eigenvalue weighted by atomic mass is 16.3. The summed E-state index contributed by atoms with van der Waals surface area (Å²) in [7, 11) is 2.13. The van der Waals surface area contributed by atoms with Crippen molar-refractivity contribution in [2.45, 2.75) is 43.1 Å². The zero-order chi connectivity index (χ0) is 12.6. The van der Waals surface area contributed by atoms with Crippen LogP contribution in [0.2, 0.25) is 0 Å². The first-order valence-electron chi connectivity index (χ1n) is 7.13. The molecule has 0 spiro atoms. The third-order valence-electron chi connectivity index (χ3n) is 5.11. The zero-order valence-electron chi connectivity index (χ0n) is 11.2. The Kier molecular flexibility index (Phi) is 2.95. The lowest BCUT2D eigenvalue weighted by atomic mass is 9.56. The number of hydrogen-bond acceptors (Lipinski definition) is 2. The molecule has 1 aromatic carbocycles. The molecule has 0 amide bonds. The summed E-state index contributed by atoms with van der Waals surface area (Å²) in [4.78, 5) is 2.28. The molecule has 1 heterocycles. The molecule has 1 aliphatic heterocycles. The lowest BCUT2D eigenvalue weighted by Crippen LogP contribution is -2.63. The Bertz CT molecular complexity index is 418. The number of β-amino-alcohol motifs (C(OH)–C–C–N with tert-alkyl or cyclic N) is 1. The molecule has 2 aliphatic rings. The van der Waals surface area contributed by atoms with E-state index in [-0.39, 0.29) is 5.41 Å². The topological polar surface area (TPSA) is 23.5 Å². The van der Waals surface area contributed by atoms with Crippen molar-refractivity contribution < 1.29 is 5.11 Å². The van der Waals surface area contributed by atoms with Crippen LogP contribution in [-0.4, -0.2) is 35.7 Å². The molecule has 0 radical (unpaired) electrons. The first-order chi connectivity index (χ1) is 8.66. The van der Waals surface area contributed by atoms with Gasteiger partial charge in [-0.3, -0.25) is 0 Å². The van der Waals surface area contributed by atoms with Crippen LogP contribution in [0, 0.1) is 0 Å². The Morgan fingerprint density at radius 1 is 1.06 bits per heavy atom. The number of nitrogens with zero attached hydrogens (tertiary/aromatic N) is 1. The molecule has 1 aromatic rings. The first-order valence-corrected chi connectivity index (χ1v) is 7.13. The van der Waals surface area contributed by atoms with Gasteiger partial charge in [-0.1, -0.05) is 43.2 Å². The van der Waals surface area contributed by atoms with E-state index >= 15 is 0 Å². The van der Waals surface area contributed by atoms with Crippen molar-refractivity contribution in [3.05, 3.63) is 35.9 Å². The lowest BCUT2D eigenvalue weighted by molar-refractivity contribution is -0.116. The van der Waals surface area contributed by atoms with Gasteiger partial charge >= 0.3 is 0 Å². The average Bonchev–Trinajstić information content (AvgIpc) is 2.39. The molecule has 2 heteroatoms. The van der Waals surface area contributed by atoms with Crippen LogP contribution in [0.25, 0.3) is 0 Å². The van der Waals surface area contributed by atoms with Crippen molar-refractivity contribution in [2.75, 3.05) is 20.1 Å². The van der Waals surface area contributed by atoms with Gasteiger partial charge in [0.05, 0.1) is 5.60 Å². The maximum absolute atomic E-state index is 11.2. The van der Waals surface area contributed by atoms with Gasteiger partial charge in [0.25, 0.3) is 0 Å². The highest BCUT2D eigenvalue weighted by molar-refractivity contribution is 5.32. The summed E-state index contributed by atoms with van der Waals surface area (Å²) in [6, 6.07) is 10.7. The molecule has 2 nitrogen and oxygen atoms in total. The fourth-order valence-electron chi connectivity index (χ4n) is 4.13. The summed E-state index contributed by atoms with van der Waals surface area (Å²) < 4.78 is 0. The minimum absolute atomic E-state index is 0.000972. The third-order valence-corrected chi connectivity index (χ3v) is 5.11. The minimum Gasteiger partial charge on any atom is -0.388 e. The van der Waals surface area contributed by atoms with Crippen LogP contribution in [0.5, 0.6) is 0 Å². The fourth-order valence-corrected chi connectivity index (χ4v) is 4.13. The maximum atomic E-state index is 11.2. The van der Waals surface area contributed by atoms with Gasteiger partial charge < -0.3 is 10.0 Å². The van der Waals surface area contributed by atoms with Crippen molar-refractivity contribution in [1.82, 2.24) is 4.90 Å². The molecular formula is C16H23NO. The molecule has 0 unspecified atom stereocenters. The van der Waals surface area contributed by atoms with Crippen molar-refractivity contribution >= 4 is 0 Å². The minimum atomic E-state index is -0.528. The summed E-state index contributed by atoms with van der Waals surface area (Å²) in [5.74, 6) is 0. The number of likely N-dealkylation sites (N-methyl/N-ethyl adjacent to an activating group) is 1. The van der Waals surface area contributed by atoms with E-state index in [1.54, 1.807) is 0 Å². The van der Waals surface area contributed by atoms with Gasteiger partial charge in [0.1, 0.15) is 0 Å². The Morgan fingerprint density at radius 2 is 1.78 bits per heavy atom. The Balaban J connectivity index is 2.05. The lowest BCUT2D eigenvalue weighted by Gasteiger charge is -2.56. The molecule has 1 saturated carbocycles. The van der Waals surface area contributed by atoms with Crippen LogP contribution < -0.4 is 0 Å². The van der Waals surface area contributed by atoms with E-state index in [0.717, 1.165) is 32.4 Å². The molecule has 2 fully saturated rings. The van der Waals surface area contributed by atoms with Crippen molar-refractivity contribution in [3.63, 3.8) is 0 Å². The molecular weight excluding hydrogens is 222 g/mol. The summed E-state index contributed by atoms with van der Waals surface area (Å²) in [6.07, 6.45) is 5.59. The number of aliphatic hydroxyl groups is 1. The summed E-state index contributed by atoms with van der Waals surface area (Å²) in [6.45, 7) is 1.92. The summed E-state index contributed by atoms with van der Waals surface area (Å²) >= 11 is 0. The van der Waals surface area contributed by atoms with E-state index in [1.807, 2.05) is 0 Å². The second kappa shape index (κ2) is 4.36.